The summed E-state index contributed by atoms with van der Waals surface area (Å²) in [6, 6.07) is 32.8. The zero-order valence-corrected chi connectivity index (χ0v) is 33.1. The molecule has 0 spiro atoms. The van der Waals surface area contributed by atoms with E-state index in [-0.39, 0.29) is 33.4 Å². The summed E-state index contributed by atoms with van der Waals surface area (Å²) in [5.74, 6) is -0.396. The zero-order chi connectivity index (χ0) is 38.9. The summed E-state index contributed by atoms with van der Waals surface area (Å²) >= 11 is 8.52. The number of thiophene rings is 2. The molecule has 3 aromatic heterocycles. The molecule has 0 bridgehead atoms. The highest BCUT2D eigenvalue weighted by atomic mass is 32.1. The van der Waals surface area contributed by atoms with Gasteiger partial charge in [0.2, 0.25) is 0 Å². The molecule has 55 heavy (non-hydrogen) atoms. The molecule has 3 aromatic carbocycles. The topological polar surface area (TPSA) is 117 Å². The number of benzene rings is 3. The van der Waals surface area contributed by atoms with Crippen LogP contribution in [0.2, 0.25) is 0 Å². The van der Waals surface area contributed by atoms with Gasteiger partial charge in [-0.2, -0.15) is 21.0 Å². The Morgan fingerprint density at radius 3 is 1.95 bits per heavy atom. The lowest BCUT2D eigenvalue weighted by molar-refractivity contribution is 0.104. The van der Waals surface area contributed by atoms with Crippen LogP contribution in [0.15, 0.2) is 88.8 Å². The molecule has 2 aliphatic carbocycles. The third-order valence-electron chi connectivity index (χ3n) is 11.0. The second kappa shape index (κ2) is 13.3. The van der Waals surface area contributed by atoms with Crippen molar-refractivity contribution in [2.24, 2.45) is 7.05 Å². The van der Waals surface area contributed by atoms with Gasteiger partial charge in [-0.25, -0.2) is 0 Å². The summed E-state index contributed by atoms with van der Waals surface area (Å²) in [6.45, 7) is 8.44. The van der Waals surface area contributed by atoms with Crippen molar-refractivity contribution in [3.63, 3.8) is 0 Å². The molecule has 264 valence electrons. The lowest BCUT2D eigenvalue weighted by atomic mass is 9.68. The van der Waals surface area contributed by atoms with Crippen LogP contribution in [0.1, 0.15) is 83.5 Å². The first-order valence-corrected chi connectivity index (χ1v) is 19.7. The maximum absolute atomic E-state index is 14.0. The van der Waals surface area contributed by atoms with Gasteiger partial charge >= 0.3 is 0 Å². The predicted molar refractivity (Wildman–Crippen MR) is 221 cm³/mol. The molecule has 9 heteroatoms. The molecule has 0 amide bonds. The molecule has 2 aliphatic rings. The van der Waals surface area contributed by atoms with E-state index in [1.165, 1.54) is 50.4 Å². The Hall–Kier alpha value is -6.20. The van der Waals surface area contributed by atoms with E-state index >= 15 is 0 Å². The summed E-state index contributed by atoms with van der Waals surface area (Å²) in [4.78, 5) is 19.1. The van der Waals surface area contributed by atoms with Crippen molar-refractivity contribution >= 4 is 52.7 Å². The second-order valence-corrected chi connectivity index (χ2v) is 16.5. The van der Waals surface area contributed by atoms with Gasteiger partial charge in [-0.05, 0) is 85.4 Å². The quantitative estimate of drug-likeness (QED) is 0.106. The fourth-order valence-electron chi connectivity index (χ4n) is 8.14. The first kappa shape index (κ1) is 35.8. The third kappa shape index (κ3) is 5.13. The summed E-state index contributed by atoms with van der Waals surface area (Å²) < 4.78 is 2.26. The number of thiol groups is 1. The fraction of sp³-hybridized carbons (Fsp3) is 0.152. The predicted octanol–water partition coefficient (Wildman–Crippen LogP) is 10.8. The largest absolute Gasteiger partial charge is 0.346 e. The highest BCUT2D eigenvalue weighted by molar-refractivity contribution is 7.80. The number of aryl methyl sites for hydroxylation is 3. The van der Waals surface area contributed by atoms with Crippen molar-refractivity contribution in [1.29, 1.82) is 21.0 Å². The number of rotatable bonds is 5. The first-order valence-electron chi connectivity index (χ1n) is 17.6. The molecule has 0 unspecified atom stereocenters. The third-order valence-corrected chi connectivity index (χ3v) is 14.0. The smallest absolute Gasteiger partial charge is 0.194 e. The Labute approximate surface area is 333 Å². The maximum Gasteiger partial charge on any atom is 0.194 e. The molecular formula is C46H31N5OS3. The Kier molecular flexibility index (Phi) is 8.64. The van der Waals surface area contributed by atoms with Crippen LogP contribution in [0.25, 0.3) is 32.0 Å². The first-order chi connectivity index (χ1) is 26.5. The van der Waals surface area contributed by atoms with Crippen LogP contribution < -0.4 is 0 Å². The van der Waals surface area contributed by atoms with E-state index < -0.39 is 11.2 Å². The van der Waals surface area contributed by atoms with Gasteiger partial charge in [0, 0.05) is 54.5 Å². The average Bonchev–Trinajstić information content (AvgIpc) is 3.98. The van der Waals surface area contributed by atoms with Crippen LogP contribution in [0, 0.1) is 66.1 Å². The number of carbonyl (C=O) groups excluding carboxylic acids is 1. The van der Waals surface area contributed by atoms with Crippen LogP contribution in [-0.2, 0) is 18.9 Å². The van der Waals surface area contributed by atoms with E-state index in [9.17, 15) is 25.8 Å². The number of aromatic nitrogens is 1. The number of hydrogen-bond donors (Lipinski definition) is 1. The number of allylic oxidation sites excluding steroid dienone is 3. The number of nitrogens with zero attached hydrogens (tertiary/aromatic N) is 5. The molecule has 6 aromatic rings. The highest BCUT2D eigenvalue weighted by Crippen LogP contribution is 2.62. The minimum atomic E-state index is -0.615. The highest BCUT2D eigenvalue weighted by Gasteiger charge is 2.51. The standard InChI is InChI=1S/C46H31N5OS3/c1-6-27-15-33(18-36-39(30(22-49)23-50)34-16-28(20-47)29(21-48)17-35(34)42(36)52)54-44(27)38-19-37-45(55-38)41-40(43(53)26(4)51(41)5)46(37,31-11-7-24(2)8-12-31)32-13-9-25(3)10-14-32/h7-19,53H,6H2,1-5H3/b36-18-. The SMILES string of the molecule is CCc1cc(/C=C2\C(=O)c3cc(C#N)c(C#N)cc3C2=C(C#N)C#N)sc1-c1cc2c(s1)-c1c(c(S)c(C)n1C)C2(c1ccc(C)cc1)c1ccc(C)cc1. The molecule has 8 rings (SSSR count). The molecule has 0 atom stereocenters. The van der Waals surface area contributed by atoms with Gasteiger partial charge < -0.3 is 4.57 Å². The van der Waals surface area contributed by atoms with E-state index in [0.29, 0.717) is 5.56 Å². The molecule has 3 heterocycles. The maximum atomic E-state index is 14.0. The molecule has 0 fully saturated rings. The average molecular weight is 766 g/mol. The number of fused-ring (bicyclic) bond motifs is 4. The van der Waals surface area contributed by atoms with E-state index in [1.54, 1.807) is 28.7 Å². The van der Waals surface area contributed by atoms with Crippen LogP contribution >= 0.6 is 35.3 Å². The van der Waals surface area contributed by atoms with Crippen molar-refractivity contribution in [2.75, 3.05) is 0 Å². The van der Waals surface area contributed by atoms with Gasteiger partial charge in [0.15, 0.2) is 5.78 Å². The van der Waals surface area contributed by atoms with Gasteiger partial charge in [-0.1, -0.05) is 66.6 Å². The molecule has 0 aliphatic heterocycles. The van der Waals surface area contributed by atoms with E-state index in [2.05, 4.69) is 100.0 Å². The zero-order valence-electron chi connectivity index (χ0n) is 30.6. The fourth-order valence-corrected chi connectivity index (χ4v) is 11.2. The van der Waals surface area contributed by atoms with Crippen LogP contribution in [0.3, 0.4) is 0 Å². The van der Waals surface area contributed by atoms with E-state index in [1.807, 2.05) is 24.3 Å². The Balaban J connectivity index is 1.35. The molecule has 0 saturated carbocycles. The van der Waals surface area contributed by atoms with Crippen molar-refractivity contribution in [3.05, 3.63) is 156 Å². The minimum Gasteiger partial charge on any atom is -0.346 e. The number of ketones is 1. The number of hydrogen-bond acceptors (Lipinski definition) is 8. The van der Waals surface area contributed by atoms with Crippen LogP contribution in [0.4, 0.5) is 0 Å². The second-order valence-electron chi connectivity index (χ2n) is 13.9. The lowest BCUT2D eigenvalue weighted by Crippen LogP contribution is -2.28. The van der Waals surface area contributed by atoms with E-state index in [0.717, 1.165) is 42.9 Å². The van der Waals surface area contributed by atoms with Crippen molar-refractivity contribution in [2.45, 2.75) is 44.4 Å². The summed E-state index contributed by atoms with van der Waals surface area (Å²) in [5.41, 5.74) is 10.7. The summed E-state index contributed by atoms with van der Waals surface area (Å²) in [6.07, 6.45) is 2.48. The summed E-state index contributed by atoms with van der Waals surface area (Å²) in [7, 11) is 2.11. The lowest BCUT2D eigenvalue weighted by Gasteiger charge is -2.33. The monoisotopic (exact) mass is 765 g/mol. The van der Waals surface area contributed by atoms with Crippen molar-refractivity contribution < 1.29 is 4.79 Å². The Bertz CT molecular complexity index is 2840. The molecular weight excluding hydrogens is 735 g/mol. The van der Waals surface area contributed by atoms with Gasteiger partial charge in [0.1, 0.15) is 29.8 Å². The minimum absolute atomic E-state index is 0.0667. The van der Waals surface area contributed by atoms with Gasteiger partial charge in [0.05, 0.1) is 27.1 Å². The van der Waals surface area contributed by atoms with Gasteiger partial charge in [-0.3, -0.25) is 4.79 Å². The number of Topliss-reactive ketones (excluding diaryl/α,β-unsaturated/α-hetero) is 1. The number of nitriles is 4. The Morgan fingerprint density at radius 1 is 0.818 bits per heavy atom. The molecule has 0 radical (unpaired) electrons. The van der Waals surface area contributed by atoms with Crippen LogP contribution in [-0.4, -0.2) is 10.4 Å². The van der Waals surface area contributed by atoms with Crippen LogP contribution in [0.5, 0.6) is 0 Å². The van der Waals surface area contributed by atoms with Gasteiger partial charge in [0.25, 0.3) is 0 Å². The molecule has 0 N–H and O–H groups in total. The van der Waals surface area contributed by atoms with Gasteiger partial charge in [-0.15, -0.1) is 35.3 Å². The Morgan fingerprint density at radius 2 is 1.40 bits per heavy atom. The number of carbonyl (C=O) groups is 1. The normalized spacial score (nSPS) is 14.2. The van der Waals surface area contributed by atoms with E-state index in [4.69, 9.17) is 12.6 Å². The van der Waals surface area contributed by atoms with Crippen molar-refractivity contribution in [1.82, 2.24) is 4.57 Å². The molecule has 0 saturated heterocycles. The molecule has 6 nitrogen and oxygen atoms in total. The van der Waals surface area contributed by atoms with Crippen molar-refractivity contribution in [3.8, 4) is 44.6 Å². The summed E-state index contributed by atoms with van der Waals surface area (Å²) in [5, 5.41) is 39.3.